The lowest BCUT2D eigenvalue weighted by atomic mass is 10.1. The number of pyridine rings is 2. The smallest absolute Gasteiger partial charge is 0.437 e. The molecule has 10 nitrogen and oxygen atoms in total. The van der Waals surface area contributed by atoms with E-state index in [4.69, 9.17) is 4.74 Å². The number of anilines is 2. The second-order valence-corrected chi connectivity index (χ2v) is 7.69. The molecule has 3 N–H and O–H groups in total. The number of nitrogens with one attached hydrogen (secondary N) is 2. The zero-order valence-electron chi connectivity index (χ0n) is 14.5. The molecule has 0 aliphatic carbocycles. The highest BCUT2D eigenvalue weighted by Crippen LogP contribution is 2.52. The minimum Gasteiger partial charge on any atom is -0.437 e. The molecule has 0 fully saturated rings. The van der Waals surface area contributed by atoms with Crippen LogP contribution in [0.2, 0.25) is 0 Å². The molecule has 2 amide bonds. The second-order valence-electron chi connectivity index (χ2n) is 5.94. The van der Waals surface area contributed by atoms with Crippen LogP contribution < -0.4 is 15.4 Å². The third-order valence-electron chi connectivity index (χ3n) is 4.19. The number of ether oxygens (including phenoxy) is 1. The van der Waals surface area contributed by atoms with Crippen molar-refractivity contribution < 1.29 is 19.4 Å². The monoisotopic (exact) mass is 407 g/mol. The number of carboxylic acid groups (broad SMARTS) is 1. The van der Waals surface area contributed by atoms with E-state index in [1.807, 2.05) is 0 Å². The molecule has 29 heavy (non-hydrogen) atoms. The first-order chi connectivity index (χ1) is 14.1. The van der Waals surface area contributed by atoms with Gasteiger partial charge in [0.15, 0.2) is 0 Å². The predicted molar refractivity (Wildman–Crippen MR) is 106 cm³/mol. The summed E-state index contributed by atoms with van der Waals surface area (Å²) in [7, 11) is -1.40. The number of amides is 2. The molecule has 1 aliphatic rings. The Balaban J connectivity index is 1.64. The Labute approximate surface area is 165 Å². The van der Waals surface area contributed by atoms with E-state index in [0.29, 0.717) is 43.8 Å². The molecule has 0 aromatic carbocycles. The van der Waals surface area contributed by atoms with Crippen molar-refractivity contribution in [3.63, 3.8) is 0 Å². The molecule has 0 bridgehead atoms. The fourth-order valence-corrected chi connectivity index (χ4v) is 4.88. The summed E-state index contributed by atoms with van der Waals surface area (Å²) in [6.45, 7) is 0. The van der Waals surface area contributed by atoms with Gasteiger partial charge in [-0.05, 0) is 24.3 Å². The molecular weight excluding hydrogens is 396 g/mol. The van der Waals surface area contributed by atoms with Crippen LogP contribution >= 0.6 is 10.5 Å². The fourth-order valence-electron chi connectivity index (χ4n) is 3.08. The van der Waals surface area contributed by atoms with Gasteiger partial charge >= 0.3 is 11.3 Å². The number of thiophene rings is 1. The molecule has 0 radical (unpaired) electrons. The number of carbonyl (C=O) groups is 2. The Morgan fingerprint density at radius 2 is 2.00 bits per heavy atom. The van der Waals surface area contributed by atoms with Crippen LogP contribution in [0.25, 0.3) is 20.8 Å². The highest BCUT2D eigenvalue weighted by Gasteiger charge is 2.40. The standard InChI is InChI=1S/C18H10N6O4S/c25-17-22-10-5-7-19-16-13(10)14(23-17)15(29(16)18(26)27)11-4-3-9(8-20-11)28-12-2-1-6-21-24-12/h1-8H,(H2-,19,20,22,23,25,26,27)/p+1. The molecule has 4 aromatic rings. The van der Waals surface area contributed by atoms with Crippen molar-refractivity contribution in [1.82, 2.24) is 20.2 Å². The highest BCUT2D eigenvalue weighted by molar-refractivity contribution is 7.57. The van der Waals surface area contributed by atoms with Crippen LogP contribution in [0.4, 0.5) is 21.0 Å². The van der Waals surface area contributed by atoms with Crippen molar-refractivity contribution in [2.45, 2.75) is 0 Å². The number of nitrogens with zero attached hydrogens (tertiary/aromatic N) is 4. The largest absolute Gasteiger partial charge is 0.554 e. The summed E-state index contributed by atoms with van der Waals surface area (Å²) in [4.78, 5) is 33.5. The van der Waals surface area contributed by atoms with Gasteiger partial charge in [0.2, 0.25) is 10.8 Å². The summed E-state index contributed by atoms with van der Waals surface area (Å²) in [6.07, 6.45) is 4.47. The van der Waals surface area contributed by atoms with E-state index in [1.165, 1.54) is 18.6 Å². The minimum atomic E-state index is -1.40. The summed E-state index contributed by atoms with van der Waals surface area (Å²) in [5, 5.41) is 22.3. The molecule has 1 atom stereocenters. The van der Waals surface area contributed by atoms with Crippen molar-refractivity contribution in [3.05, 3.63) is 48.9 Å². The summed E-state index contributed by atoms with van der Waals surface area (Å²) in [5.74, 6) is 0.723. The second kappa shape index (κ2) is 6.49. The lowest BCUT2D eigenvalue weighted by Crippen LogP contribution is -2.23. The molecule has 1 aliphatic heterocycles. The number of carbonyl (C=O) groups excluding carboxylic acids is 1. The van der Waals surface area contributed by atoms with Crippen LogP contribution in [0, 0.1) is 0 Å². The normalized spacial score (nSPS) is 13.0. The summed E-state index contributed by atoms with van der Waals surface area (Å²) in [6, 6.07) is 7.81. The van der Waals surface area contributed by atoms with Gasteiger partial charge in [0.1, 0.15) is 33.0 Å². The van der Waals surface area contributed by atoms with E-state index >= 15 is 0 Å². The summed E-state index contributed by atoms with van der Waals surface area (Å²) in [5.41, 5.74) is 1.33. The average Bonchev–Trinajstić information content (AvgIpc) is 3.05. The van der Waals surface area contributed by atoms with Gasteiger partial charge < -0.3 is 20.5 Å². The van der Waals surface area contributed by atoms with Gasteiger partial charge in [0.25, 0.3) is 4.83 Å². The average molecular weight is 407 g/mol. The van der Waals surface area contributed by atoms with E-state index in [2.05, 4.69) is 30.8 Å². The third-order valence-corrected chi connectivity index (χ3v) is 6.06. The topological polar surface area (TPSA) is 139 Å². The first kappa shape index (κ1) is 17.0. The van der Waals surface area contributed by atoms with E-state index in [9.17, 15) is 14.7 Å². The van der Waals surface area contributed by atoms with E-state index in [-0.39, 0.29) is 0 Å². The Hall–Kier alpha value is -4.12. The number of hydrogen-bond acceptors (Lipinski definition) is 7. The summed E-state index contributed by atoms with van der Waals surface area (Å²) >= 11 is 0. The van der Waals surface area contributed by atoms with Gasteiger partial charge in [-0.2, -0.15) is 9.89 Å². The molecular formula is C18H11N6O4S+. The van der Waals surface area contributed by atoms with Crippen molar-refractivity contribution >= 4 is 43.4 Å². The van der Waals surface area contributed by atoms with Crippen molar-refractivity contribution in [3.8, 4) is 22.2 Å². The number of aromatic nitrogens is 4. The first-order valence-electron chi connectivity index (χ1n) is 8.32. The lowest BCUT2D eigenvalue weighted by molar-refractivity contribution is 0.221. The van der Waals surface area contributed by atoms with Gasteiger partial charge in [0.05, 0.1) is 11.9 Å². The number of urea groups is 1. The van der Waals surface area contributed by atoms with E-state index in [0.717, 1.165) is 0 Å². The molecule has 4 aromatic heterocycles. The maximum absolute atomic E-state index is 12.1. The molecule has 0 saturated carbocycles. The Morgan fingerprint density at radius 3 is 2.72 bits per heavy atom. The lowest BCUT2D eigenvalue weighted by Gasteiger charge is -2.13. The molecule has 11 heteroatoms. The molecule has 1 unspecified atom stereocenters. The van der Waals surface area contributed by atoms with Gasteiger partial charge in [-0.25, -0.2) is 14.8 Å². The van der Waals surface area contributed by atoms with Crippen LogP contribution in [0.1, 0.15) is 0 Å². The predicted octanol–water partition coefficient (Wildman–Crippen LogP) is 4.11. The van der Waals surface area contributed by atoms with Crippen LogP contribution in [-0.2, 0) is 0 Å². The zero-order valence-corrected chi connectivity index (χ0v) is 15.3. The van der Waals surface area contributed by atoms with Gasteiger partial charge in [-0.1, -0.05) is 0 Å². The first-order valence-corrected chi connectivity index (χ1v) is 9.55. The molecule has 142 valence electrons. The molecule has 5 heterocycles. The van der Waals surface area contributed by atoms with Crippen LogP contribution in [0.15, 0.2) is 48.9 Å². The minimum absolute atomic E-state index is 0.307. The maximum atomic E-state index is 12.1. The molecule has 0 saturated heterocycles. The Morgan fingerprint density at radius 1 is 1.10 bits per heavy atom. The van der Waals surface area contributed by atoms with Gasteiger partial charge in [-0.15, -0.1) is 5.10 Å². The van der Waals surface area contributed by atoms with Crippen LogP contribution in [0.3, 0.4) is 0 Å². The molecule has 5 rings (SSSR count). The van der Waals surface area contributed by atoms with Crippen LogP contribution in [-0.4, -0.2) is 36.6 Å². The van der Waals surface area contributed by atoms with Gasteiger partial charge in [0, 0.05) is 18.5 Å². The van der Waals surface area contributed by atoms with E-state index < -0.39 is 21.8 Å². The van der Waals surface area contributed by atoms with Gasteiger partial charge in [-0.3, -0.25) is 0 Å². The Kier molecular flexibility index (Phi) is 3.81. The van der Waals surface area contributed by atoms with Crippen molar-refractivity contribution in [2.75, 3.05) is 10.6 Å². The number of rotatable bonds is 4. The highest BCUT2D eigenvalue weighted by atomic mass is 32.2. The number of hydrogen-bond donors (Lipinski definition) is 3. The maximum Gasteiger partial charge on any atom is 0.554 e. The fraction of sp³-hybridized carbons (Fsp3) is 0. The molecule has 0 spiro atoms. The van der Waals surface area contributed by atoms with Crippen molar-refractivity contribution in [2.24, 2.45) is 0 Å². The third kappa shape index (κ3) is 2.80. The SMILES string of the molecule is O=C1Nc2ccnc3c2c(c(-c2ccc(Oc4cccnn4)cn2)[s+]3C(=O)O)N1. The Bertz CT molecular complexity index is 1270. The van der Waals surface area contributed by atoms with E-state index in [1.54, 1.807) is 30.3 Å². The zero-order chi connectivity index (χ0) is 20.0. The van der Waals surface area contributed by atoms with Crippen LogP contribution in [0.5, 0.6) is 11.6 Å². The quantitative estimate of drug-likeness (QED) is 0.429. The van der Waals surface area contributed by atoms with Crippen molar-refractivity contribution in [1.29, 1.82) is 0 Å². The summed E-state index contributed by atoms with van der Waals surface area (Å²) < 4.78 is 5.57.